The highest BCUT2D eigenvalue weighted by Crippen LogP contribution is 2.20. The summed E-state index contributed by atoms with van der Waals surface area (Å²) in [6, 6.07) is 5.87. The van der Waals surface area contributed by atoms with Crippen LogP contribution in [0, 0.1) is 0 Å². The molecule has 0 bridgehead atoms. The molecule has 1 aliphatic heterocycles. The van der Waals surface area contributed by atoms with E-state index < -0.39 is 0 Å². The Hall–Kier alpha value is -1.59. The Morgan fingerprint density at radius 2 is 2.18 bits per heavy atom. The van der Waals surface area contributed by atoms with E-state index in [0.29, 0.717) is 0 Å². The summed E-state index contributed by atoms with van der Waals surface area (Å²) < 4.78 is 5.34. The third-order valence-electron chi connectivity index (χ3n) is 3.14. The number of nitrogens with one attached hydrogen (secondary N) is 1. The summed E-state index contributed by atoms with van der Waals surface area (Å²) in [4.78, 5) is 2.36. The number of aromatic nitrogens is 2. The molecule has 1 fully saturated rings. The van der Waals surface area contributed by atoms with E-state index in [1.807, 2.05) is 18.2 Å². The maximum Gasteiger partial charge on any atom is 0.0840 e. The fourth-order valence-corrected chi connectivity index (χ4v) is 2.19. The molecule has 0 atom stereocenters. The van der Waals surface area contributed by atoms with Crippen LogP contribution in [0.4, 0.5) is 5.69 Å². The van der Waals surface area contributed by atoms with Gasteiger partial charge in [-0.15, -0.1) is 0 Å². The molecule has 3 rings (SSSR count). The molecule has 0 unspecified atom stereocenters. The van der Waals surface area contributed by atoms with Gasteiger partial charge in [0.2, 0.25) is 0 Å². The molecule has 1 aromatic heterocycles. The van der Waals surface area contributed by atoms with Crippen molar-refractivity contribution in [2.75, 3.05) is 32.0 Å². The molecule has 0 aliphatic carbocycles. The SMILES string of the molecule is Nc1ccc2c(CN3CCOCC3)n[nH]c2c1. The summed E-state index contributed by atoms with van der Waals surface area (Å²) >= 11 is 0. The Morgan fingerprint density at radius 3 is 3.00 bits per heavy atom. The van der Waals surface area contributed by atoms with E-state index in [1.165, 1.54) is 0 Å². The van der Waals surface area contributed by atoms with E-state index in [4.69, 9.17) is 10.5 Å². The molecule has 0 radical (unpaired) electrons. The molecule has 1 saturated heterocycles. The van der Waals surface area contributed by atoms with Crippen molar-refractivity contribution in [3.05, 3.63) is 23.9 Å². The van der Waals surface area contributed by atoms with Crippen LogP contribution in [0.2, 0.25) is 0 Å². The third kappa shape index (κ3) is 2.11. The number of benzene rings is 1. The molecule has 0 amide bonds. The van der Waals surface area contributed by atoms with Crippen LogP contribution in [0.1, 0.15) is 5.69 Å². The minimum Gasteiger partial charge on any atom is -0.399 e. The fraction of sp³-hybridized carbons (Fsp3) is 0.417. The molecular formula is C12H16N4O. The van der Waals surface area contributed by atoms with Crippen LogP contribution >= 0.6 is 0 Å². The van der Waals surface area contributed by atoms with Crippen molar-refractivity contribution in [2.24, 2.45) is 0 Å². The Kier molecular flexibility index (Phi) is 2.70. The lowest BCUT2D eigenvalue weighted by Crippen LogP contribution is -2.35. The van der Waals surface area contributed by atoms with Crippen molar-refractivity contribution in [1.82, 2.24) is 15.1 Å². The number of aromatic amines is 1. The zero-order valence-electron chi connectivity index (χ0n) is 9.65. The molecule has 5 nitrogen and oxygen atoms in total. The Labute approximate surface area is 99.5 Å². The molecule has 0 spiro atoms. The minimum absolute atomic E-state index is 0.763. The molecule has 1 aromatic carbocycles. The molecule has 2 aromatic rings. The van der Waals surface area contributed by atoms with E-state index in [0.717, 1.165) is 55.1 Å². The second kappa shape index (κ2) is 4.35. The average Bonchev–Trinajstić information content (AvgIpc) is 2.73. The van der Waals surface area contributed by atoms with Crippen molar-refractivity contribution in [3.63, 3.8) is 0 Å². The number of fused-ring (bicyclic) bond motifs is 1. The molecule has 3 N–H and O–H groups in total. The number of anilines is 1. The lowest BCUT2D eigenvalue weighted by atomic mass is 10.2. The third-order valence-corrected chi connectivity index (χ3v) is 3.14. The minimum atomic E-state index is 0.763. The lowest BCUT2D eigenvalue weighted by molar-refractivity contribution is 0.0338. The quantitative estimate of drug-likeness (QED) is 0.757. The highest BCUT2D eigenvalue weighted by Gasteiger charge is 2.14. The number of hydrogen-bond donors (Lipinski definition) is 2. The van der Waals surface area contributed by atoms with Gasteiger partial charge in [0.05, 0.1) is 24.4 Å². The summed E-state index contributed by atoms with van der Waals surface area (Å²) in [5.74, 6) is 0. The van der Waals surface area contributed by atoms with E-state index >= 15 is 0 Å². The predicted octanol–water partition coefficient (Wildman–Crippen LogP) is 0.977. The topological polar surface area (TPSA) is 67.2 Å². The van der Waals surface area contributed by atoms with Gasteiger partial charge in [-0.05, 0) is 18.2 Å². The van der Waals surface area contributed by atoms with Crippen molar-refractivity contribution >= 4 is 16.6 Å². The van der Waals surface area contributed by atoms with Gasteiger partial charge in [0.15, 0.2) is 0 Å². The van der Waals surface area contributed by atoms with Gasteiger partial charge in [-0.25, -0.2) is 0 Å². The second-order valence-electron chi connectivity index (χ2n) is 4.36. The van der Waals surface area contributed by atoms with Gasteiger partial charge in [-0.2, -0.15) is 5.10 Å². The van der Waals surface area contributed by atoms with Crippen molar-refractivity contribution in [3.8, 4) is 0 Å². The Morgan fingerprint density at radius 1 is 1.35 bits per heavy atom. The number of nitrogens with zero attached hydrogens (tertiary/aromatic N) is 2. The van der Waals surface area contributed by atoms with Crippen LogP contribution in [0.3, 0.4) is 0 Å². The molecule has 5 heteroatoms. The zero-order valence-corrected chi connectivity index (χ0v) is 9.65. The predicted molar refractivity (Wildman–Crippen MR) is 66.6 cm³/mol. The van der Waals surface area contributed by atoms with Gasteiger partial charge in [0.1, 0.15) is 0 Å². The Balaban J connectivity index is 1.84. The number of H-pyrrole nitrogens is 1. The van der Waals surface area contributed by atoms with Gasteiger partial charge in [-0.3, -0.25) is 10.00 Å². The van der Waals surface area contributed by atoms with E-state index in [-0.39, 0.29) is 0 Å². The van der Waals surface area contributed by atoms with Crippen molar-refractivity contribution < 1.29 is 4.74 Å². The van der Waals surface area contributed by atoms with Gasteiger partial charge in [0.25, 0.3) is 0 Å². The normalized spacial score (nSPS) is 17.6. The summed E-state index contributed by atoms with van der Waals surface area (Å²) in [7, 11) is 0. The van der Waals surface area contributed by atoms with Crippen molar-refractivity contribution in [2.45, 2.75) is 6.54 Å². The highest BCUT2D eigenvalue weighted by molar-refractivity contribution is 5.84. The van der Waals surface area contributed by atoms with Gasteiger partial charge < -0.3 is 10.5 Å². The molecule has 2 heterocycles. The largest absolute Gasteiger partial charge is 0.399 e. The van der Waals surface area contributed by atoms with Crippen LogP contribution in [-0.4, -0.2) is 41.4 Å². The Bertz CT molecular complexity index is 516. The lowest BCUT2D eigenvalue weighted by Gasteiger charge is -2.25. The summed E-state index contributed by atoms with van der Waals surface area (Å²) in [5, 5.41) is 8.56. The molecule has 0 saturated carbocycles. The average molecular weight is 232 g/mol. The number of hydrogen-bond acceptors (Lipinski definition) is 4. The van der Waals surface area contributed by atoms with E-state index in [2.05, 4.69) is 15.1 Å². The fourth-order valence-electron chi connectivity index (χ4n) is 2.19. The first kappa shape index (κ1) is 10.6. The smallest absolute Gasteiger partial charge is 0.0840 e. The first-order chi connectivity index (χ1) is 8.33. The number of ether oxygens (including phenoxy) is 1. The number of morpholine rings is 1. The van der Waals surface area contributed by atoms with Crippen LogP contribution in [0.15, 0.2) is 18.2 Å². The van der Waals surface area contributed by atoms with Gasteiger partial charge in [-0.1, -0.05) is 0 Å². The first-order valence-electron chi connectivity index (χ1n) is 5.85. The van der Waals surface area contributed by atoms with E-state index in [1.54, 1.807) is 0 Å². The highest BCUT2D eigenvalue weighted by atomic mass is 16.5. The van der Waals surface area contributed by atoms with Crippen LogP contribution in [0.5, 0.6) is 0 Å². The van der Waals surface area contributed by atoms with Gasteiger partial charge >= 0.3 is 0 Å². The standard InChI is InChI=1S/C12H16N4O/c13-9-1-2-10-11(7-9)14-15-12(10)8-16-3-5-17-6-4-16/h1-2,7H,3-6,8,13H2,(H,14,15). The monoisotopic (exact) mass is 232 g/mol. The maximum atomic E-state index is 5.74. The van der Waals surface area contributed by atoms with Gasteiger partial charge in [0, 0.05) is 30.7 Å². The molecule has 1 aliphatic rings. The van der Waals surface area contributed by atoms with Crippen LogP contribution in [0.25, 0.3) is 10.9 Å². The zero-order chi connectivity index (χ0) is 11.7. The number of rotatable bonds is 2. The summed E-state index contributed by atoms with van der Waals surface area (Å²) in [5.41, 5.74) is 8.60. The van der Waals surface area contributed by atoms with Crippen LogP contribution in [-0.2, 0) is 11.3 Å². The first-order valence-corrected chi connectivity index (χ1v) is 5.85. The van der Waals surface area contributed by atoms with Crippen LogP contribution < -0.4 is 5.73 Å². The maximum absolute atomic E-state index is 5.74. The molecular weight excluding hydrogens is 216 g/mol. The molecule has 17 heavy (non-hydrogen) atoms. The molecule has 90 valence electrons. The van der Waals surface area contributed by atoms with E-state index in [9.17, 15) is 0 Å². The number of nitrogen functional groups attached to an aromatic ring is 1. The summed E-state index contributed by atoms with van der Waals surface area (Å²) in [6.45, 7) is 4.45. The van der Waals surface area contributed by atoms with Crippen molar-refractivity contribution in [1.29, 1.82) is 0 Å². The summed E-state index contributed by atoms with van der Waals surface area (Å²) in [6.07, 6.45) is 0. The second-order valence-corrected chi connectivity index (χ2v) is 4.36. The number of nitrogens with two attached hydrogens (primary N) is 1.